The van der Waals surface area contributed by atoms with Gasteiger partial charge in [-0.1, -0.05) is 29.8 Å². The molecule has 0 amide bonds. The lowest BCUT2D eigenvalue weighted by Gasteiger charge is -2.07. The summed E-state index contributed by atoms with van der Waals surface area (Å²) in [5, 5.41) is 1.77. The summed E-state index contributed by atoms with van der Waals surface area (Å²) >= 11 is 6.24. The monoisotopic (exact) mass is 268 g/mol. The van der Waals surface area contributed by atoms with Gasteiger partial charge in [0.25, 0.3) is 0 Å². The SMILES string of the molecule is Cc1ccc2cc(-c3ccc(N)cc3Cl)ccc2n1. The largest absolute Gasteiger partial charge is 0.399 e. The number of halogens is 1. The van der Waals surface area contributed by atoms with Gasteiger partial charge in [-0.3, -0.25) is 4.98 Å². The Hall–Kier alpha value is -2.06. The van der Waals surface area contributed by atoms with Crippen molar-refractivity contribution in [1.82, 2.24) is 4.98 Å². The molecule has 0 aliphatic heterocycles. The summed E-state index contributed by atoms with van der Waals surface area (Å²) in [6.07, 6.45) is 0. The molecule has 0 bridgehead atoms. The van der Waals surface area contributed by atoms with Gasteiger partial charge in [-0.05, 0) is 42.8 Å². The zero-order valence-electron chi connectivity index (χ0n) is 10.5. The fraction of sp³-hybridized carbons (Fsp3) is 0.0625. The molecule has 3 aromatic rings. The highest BCUT2D eigenvalue weighted by atomic mass is 35.5. The molecule has 94 valence electrons. The molecule has 0 aliphatic carbocycles. The van der Waals surface area contributed by atoms with E-state index in [9.17, 15) is 0 Å². The van der Waals surface area contributed by atoms with Crippen LogP contribution in [0.15, 0.2) is 48.5 Å². The van der Waals surface area contributed by atoms with Crippen molar-refractivity contribution in [3.05, 3.63) is 59.2 Å². The lowest BCUT2D eigenvalue weighted by Crippen LogP contribution is -1.87. The van der Waals surface area contributed by atoms with Gasteiger partial charge in [0.1, 0.15) is 0 Å². The van der Waals surface area contributed by atoms with Crippen LogP contribution in [0.3, 0.4) is 0 Å². The van der Waals surface area contributed by atoms with E-state index in [-0.39, 0.29) is 0 Å². The smallest absolute Gasteiger partial charge is 0.0705 e. The summed E-state index contributed by atoms with van der Waals surface area (Å²) in [5.41, 5.74) is 10.5. The second kappa shape index (κ2) is 4.56. The number of nitrogens with zero attached hydrogens (tertiary/aromatic N) is 1. The van der Waals surface area contributed by atoms with Crippen LogP contribution in [-0.4, -0.2) is 4.98 Å². The number of benzene rings is 2. The van der Waals surface area contributed by atoms with E-state index >= 15 is 0 Å². The molecule has 2 aromatic carbocycles. The maximum atomic E-state index is 6.24. The number of hydrogen-bond acceptors (Lipinski definition) is 2. The number of fused-ring (bicyclic) bond motifs is 1. The first-order chi connectivity index (χ1) is 9.13. The molecular weight excluding hydrogens is 256 g/mol. The lowest BCUT2D eigenvalue weighted by molar-refractivity contribution is 1.26. The maximum Gasteiger partial charge on any atom is 0.0705 e. The number of hydrogen-bond donors (Lipinski definition) is 1. The van der Waals surface area contributed by atoms with Crippen molar-refractivity contribution in [1.29, 1.82) is 0 Å². The fourth-order valence-electron chi connectivity index (χ4n) is 2.16. The number of aromatic nitrogens is 1. The molecule has 0 saturated carbocycles. The predicted octanol–water partition coefficient (Wildman–Crippen LogP) is 4.45. The average Bonchev–Trinajstić information content (AvgIpc) is 2.38. The zero-order valence-corrected chi connectivity index (χ0v) is 11.3. The van der Waals surface area contributed by atoms with E-state index in [1.165, 1.54) is 0 Å². The minimum atomic E-state index is 0.666. The topological polar surface area (TPSA) is 38.9 Å². The van der Waals surface area contributed by atoms with Crippen LogP contribution in [0, 0.1) is 6.92 Å². The third kappa shape index (κ3) is 2.27. The molecule has 1 heterocycles. The summed E-state index contributed by atoms with van der Waals surface area (Å²) in [6.45, 7) is 1.99. The molecule has 19 heavy (non-hydrogen) atoms. The molecule has 0 radical (unpaired) electrons. The van der Waals surface area contributed by atoms with Crippen LogP contribution in [0.5, 0.6) is 0 Å². The van der Waals surface area contributed by atoms with Crippen LogP contribution in [0.1, 0.15) is 5.69 Å². The van der Waals surface area contributed by atoms with E-state index < -0.39 is 0 Å². The number of nitrogen functional groups attached to an aromatic ring is 1. The molecule has 0 atom stereocenters. The minimum absolute atomic E-state index is 0.666. The standard InChI is InChI=1S/C16H13ClN2/c1-10-2-3-12-8-11(4-7-16(12)19-10)14-6-5-13(18)9-15(14)17/h2-9H,18H2,1H3. The quantitative estimate of drug-likeness (QED) is 0.663. The van der Waals surface area contributed by atoms with Crippen molar-refractivity contribution >= 4 is 28.2 Å². The Morgan fingerprint density at radius 1 is 1.00 bits per heavy atom. The van der Waals surface area contributed by atoms with Crippen molar-refractivity contribution in [2.24, 2.45) is 0 Å². The van der Waals surface area contributed by atoms with Gasteiger partial charge in [0.15, 0.2) is 0 Å². The number of aryl methyl sites for hydroxylation is 1. The van der Waals surface area contributed by atoms with E-state index in [4.69, 9.17) is 17.3 Å². The molecule has 0 spiro atoms. The summed E-state index contributed by atoms with van der Waals surface area (Å²) in [5.74, 6) is 0. The molecule has 3 heteroatoms. The van der Waals surface area contributed by atoms with Gasteiger partial charge in [0.05, 0.1) is 10.5 Å². The Bertz CT molecular complexity index is 766. The van der Waals surface area contributed by atoms with Gasteiger partial charge in [-0.25, -0.2) is 0 Å². The van der Waals surface area contributed by atoms with Gasteiger partial charge in [-0.2, -0.15) is 0 Å². The highest BCUT2D eigenvalue weighted by molar-refractivity contribution is 6.33. The van der Waals surface area contributed by atoms with Crippen LogP contribution in [0.2, 0.25) is 5.02 Å². The maximum absolute atomic E-state index is 6.24. The van der Waals surface area contributed by atoms with Crippen molar-refractivity contribution in [2.75, 3.05) is 5.73 Å². The van der Waals surface area contributed by atoms with Crippen molar-refractivity contribution < 1.29 is 0 Å². The molecular formula is C16H13ClN2. The normalized spacial score (nSPS) is 10.8. The van der Waals surface area contributed by atoms with Gasteiger partial charge in [-0.15, -0.1) is 0 Å². The molecule has 0 aliphatic rings. The Labute approximate surface area is 116 Å². The zero-order chi connectivity index (χ0) is 13.4. The van der Waals surface area contributed by atoms with Gasteiger partial charge < -0.3 is 5.73 Å². The Morgan fingerprint density at radius 3 is 2.63 bits per heavy atom. The van der Waals surface area contributed by atoms with Crippen LogP contribution >= 0.6 is 11.6 Å². The van der Waals surface area contributed by atoms with Crippen LogP contribution in [0.25, 0.3) is 22.0 Å². The van der Waals surface area contributed by atoms with Gasteiger partial charge in [0, 0.05) is 22.3 Å². The Morgan fingerprint density at radius 2 is 1.84 bits per heavy atom. The van der Waals surface area contributed by atoms with E-state index in [0.29, 0.717) is 10.7 Å². The second-order valence-electron chi connectivity index (χ2n) is 4.60. The first kappa shape index (κ1) is 12.0. The summed E-state index contributed by atoms with van der Waals surface area (Å²) in [7, 11) is 0. The average molecular weight is 269 g/mol. The number of rotatable bonds is 1. The number of nitrogens with two attached hydrogens (primary N) is 1. The Balaban J connectivity index is 2.17. The predicted molar refractivity (Wildman–Crippen MR) is 81.3 cm³/mol. The molecule has 0 unspecified atom stereocenters. The van der Waals surface area contributed by atoms with E-state index in [1.807, 2.05) is 37.3 Å². The van der Waals surface area contributed by atoms with Crippen molar-refractivity contribution in [3.63, 3.8) is 0 Å². The second-order valence-corrected chi connectivity index (χ2v) is 5.01. The molecule has 2 N–H and O–H groups in total. The molecule has 0 fully saturated rings. The van der Waals surface area contributed by atoms with E-state index in [2.05, 4.69) is 17.1 Å². The molecule has 1 aromatic heterocycles. The Kier molecular flexibility index (Phi) is 2.88. The van der Waals surface area contributed by atoms with Crippen LogP contribution < -0.4 is 5.73 Å². The first-order valence-electron chi connectivity index (χ1n) is 6.06. The summed E-state index contributed by atoms with van der Waals surface area (Å²) < 4.78 is 0. The van der Waals surface area contributed by atoms with Crippen LogP contribution in [-0.2, 0) is 0 Å². The highest BCUT2D eigenvalue weighted by Crippen LogP contribution is 2.31. The fourth-order valence-corrected chi connectivity index (χ4v) is 2.46. The first-order valence-corrected chi connectivity index (χ1v) is 6.44. The van der Waals surface area contributed by atoms with Gasteiger partial charge in [0.2, 0.25) is 0 Å². The lowest BCUT2D eigenvalue weighted by atomic mass is 10.0. The van der Waals surface area contributed by atoms with Gasteiger partial charge >= 0.3 is 0 Å². The highest BCUT2D eigenvalue weighted by Gasteiger charge is 2.05. The van der Waals surface area contributed by atoms with Crippen molar-refractivity contribution in [2.45, 2.75) is 6.92 Å². The molecule has 2 nitrogen and oxygen atoms in total. The summed E-state index contributed by atoms with van der Waals surface area (Å²) in [6, 6.07) is 15.8. The minimum Gasteiger partial charge on any atom is -0.399 e. The van der Waals surface area contributed by atoms with Crippen molar-refractivity contribution in [3.8, 4) is 11.1 Å². The van der Waals surface area contributed by atoms with E-state index in [0.717, 1.165) is 27.7 Å². The van der Waals surface area contributed by atoms with E-state index in [1.54, 1.807) is 6.07 Å². The summed E-state index contributed by atoms with van der Waals surface area (Å²) in [4.78, 5) is 4.49. The molecule has 0 saturated heterocycles. The third-order valence-electron chi connectivity index (χ3n) is 3.13. The number of pyridine rings is 1. The third-order valence-corrected chi connectivity index (χ3v) is 3.45. The van der Waals surface area contributed by atoms with Crippen LogP contribution in [0.4, 0.5) is 5.69 Å². The molecule has 3 rings (SSSR count). The number of anilines is 1.